The summed E-state index contributed by atoms with van der Waals surface area (Å²) < 4.78 is 6.63. The Labute approximate surface area is 139 Å². The average molecular weight is 362 g/mol. The Kier molecular flexibility index (Phi) is 6.46. The molecule has 0 heterocycles. The number of halogens is 1. The predicted octanol–water partition coefficient (Wildman–Crippen LogP) is 4.81. The van der Waals surface area contributed by atoms with Gasteiger partial charge in [0.25, 0.3) is 0 Å². The second-order valence-electron chi connectivity index (χ2n) is 5.00. The quantitative estimate of drug-likeness (QED) is 0.718. The Balaban J connectivity index is 1.67. The fourth-order valence-corrected chi connectivity index (χ4v) is 2.27. The van der Waals surface area contributed by atoms with E-state index in [2.05, 4.69) is 40.3 Å². The van der Waals surface area contributed by atoms with E-state index in [9.17, 15) is 4.79 Å². The van der Waals surface area contributed by atoms with Gasteiger partial charge >= 0.3 is 0 Å². The smallest absolute Gasteiger partial charge is 0.224 e. The maximum Gasteiger partial charge on any atom is 0.224 e. The Morgan fingerprint density at radius 1 is 1.09 bits per heavy atom. The summed E-state index contributed by atoms with van der Waals surface area (Å²) in [4.78, 5) is 11.8. The summed E-state index contributed by atoms with van der Waals surface area (Å²) in [5, 5.41) is 2.87. The Hall–Kier alpha value is -1.81. The zero-order valence-corrected chi connectivity index (χ0v) is 14.2. The van der Waals surface area contributed by atoms with E-state index in [1.807, 2.05) is 36.4 Å². The second-order valence-corrected chi connectivity index (χ2v) is 5.92. The first-order valence-electron chi connectivity index (χ1n) is 7.44. The van der Waals surface area contributed by atoms with Crippen LogP contribution in [0, 0.1) is 0 Å². The van der Waals surface area contributed by atoms with Gasteiger partial charge < -0.3 is 10.1 Å². The molecule has 0 aliphatic carbocycles. The number of amides is 1. The van der Waals surface area contributed by atoms with Gasteiger partial charge in [0.1, 0.15) is 5.75 Å². The number of ether oxygens (including phenoxy) is 1. The molecule has 2 rings (SSSR count). The van der Waals surface area contributed by atoms with Crippen molar-refractivity contribution in [2.24, 2.45) is 0 Å². The molecule has 2 aromatic rings. The van der Waals surface area contributed by atoms with Gasteiger partial charge in [-0.25, -0.2) is 0 Å². The number of carbonyl (C=O) groups is 1. The van der Waals surface area contributed by atoms with Crippen molar-refractivity contribution in [2.45, 2.75) is 26.2 Å². The SMILES string of the molecule is CCc1ccc(OCCCC(=O)Nc2ccc(Br)cc2)cc1. The van der Waals surface area contributed by atoms with Gasteiger partial charge in [-0.05, 0) is 54.8 Å². The fraction of sp³-hybridized carbons (Fsp3) is 0.278. The summed E-state index contributed by atoms with van der Waals surface area (Å²) in [7, 11) is 0. The lowest BCUT2D eigenvalue weighted by molar-refractivity contribution is -0.116. The molecule has 1 amide bonds. The lowest BCUT2D eigenvalue weighted by Crippen LogP contribution is -2.12. The zero-order chi connectivity index (χ0) is 15.8. The third kappa shape index (κ3) is 5.53. The van der Waals surface area contributed by atoms with Gasteiger partial charge in [-0.2, -0.15) is 0 Å². The molecule has 0 spiro atoms. The summed E-state index contributed by atoms with van der Waals surface area (Å²) in [6.45, 7) is 2.67. The van der Waals surface area contributed by atoms with Gasteiger partial charge in [-0.3, -0.25) is 4.79 Å². The van der Waals surface area contributed by atoms with E-state index in [0.717, 1.165) is 22.3 Å². The van der Waals surface area contributed by atoms with Crippen LogP contribution >= 0.6 is 15.9 Å². The third-order valence-electron chi connectivity index (χ3n) is 3.28. The van der Waals surface area contributed by atoms with E-state index < -0.39 is 0 Å². The molecule has 0 bridgehead atoms. The van der Waals surface area contributed by atoms with Crippen LogP contribution in [0.5, 0.6) is 5.75 Å². The minimum Gasteiger partial charge on any atom is -0.494 e. The van der Waals surface area contributed by atoms with Gasteiger partial charge in [0.15, 0.2) is 0 Å². The van der Waals surface area contributed by atoms with Gasteiger partial charge in [-0.1, -0.05) is 35.0 Å². The summed E-state index contributed by atoms with van der Waals surface area (Å²) >= 11 is 3.36. The molecule has 22 heavy (non-hydrogen) atoms. The van der Waals surface area contributed by atoms with Crippen LogP contribution < -0.4 is 10.1 Å². The number of rotatable bonds is 7. The van der Waals surface area contributed by atoms with Crippen LogP contribution in [-0.2, 0) is 11.2 Å². The largest absolute Gasteiger partial charge is 0.494 e. The number of anilines is 1. The van der Waals surface area contributed by atoms with Crippen molar-refractivity contribution in [3.8, 4) is 5.75 Å². The van der Waals surface area contributed by atoms with Gasteiger partial charge in [0, 0.05) is 16.6 Å². The normalized spacial score (nSPS) is 10.3. The summed E-state index contributed by atoms with van der Waals surface area (Å²) in [6.07, 6.45) is 2.16. The van der Waals surface area contributed by atoms with Crippen LogP contribution in [0.15, 0.2) is 53.0 Å². The van der Waals surface area contributed by atoms with Crippen molar-refractivity contribution in [1.29, 1.82) is 0 Å². The van der Waals surface area contributed by atoms with Crippen LogP contribution in [0.3, 0.4) is 0 Å². The van der Waals surface area contributed by atoms with Crippen LogP contribution in [0.25, 0.3) is 0 Å². The highest BCUT2D eigenvalue weighted by Crippen LogP contribution is 2.15. The molecule has 0 fully saturated rings. The summed E-state index contributed by atoms with van der Waals surface area (Å²) in [6, 6.07) is 15.6. The molecule has 0 aromatic heterocycles. The Bertz CT molecular complexity index is 593. The van der Waals surface area contributed by atoms with E-state index in [1.54, 1.807) is 0 Å². The summed E-state index contributed by atoms with van der Waals surface area (Å²) in [5.41, 5.74) is 2.10. The first-order valence-corrected chi connectivity index (χ1v) is 8.24. The van der Waals surface area contributed by atoms with Crippen molar-refractivity contribution < 1.29 is 9.53 Å². The second kappa shape index (κ2) is 8.59. The predicted molar refractivity (Wildman–Crippen MR) is 93.3 cm³/mol. The molecule has 3 nitrogen and oxygen atoms in total. The number of carbonyl (C=O) groups excluding carboxylic acids is 1. The van der Waals surface area contributed by atoms with E-state index in [1.165, 1.54) is 5.56 Å². The zero-order valence-electron chi connectivity index (χ0n) is 12.6. The van der Waals surface area contributed by atoms with E-state index in [0.29, 0.717) is 19.4 Å². The number of benzene rings is 2. The maximum absolute atomic E-state index is 11.8. The third-order valence-corrected chi connectivity index (χ3v) is 3.81. The molecular formula is C18H20BrNO2. The minimum atomic E-state index is 0.00672. The van der Waals surface area contributed by atoms with E-state index >= 15 is 0 Å². The highest BCUT2D eigenvalue weighted by atomic mass is 79.9. The Morgan fingerprint density at radius 2 is 1.77 bits per heavy atom. The van der Waals surface area contributed by atoms with Crippen LogP contribution in [0.1, 0.15) is 25.3 Å². The van der Waals surface area contributed by atoms with Gasteiger partial charge in [-0.15, -0.1) is 0 Å². The van der Waals surface area contributed by atoms with Gasteiger partial charge in [0.05, 0.1) is 6.61 Å². The highest BCUT2D eigenvalue weighted by molar-refractivity contribution is 9.10. The first kappa shape index (κ1) is 16.6. The lowest BCUT2D eigenvalue weighted by Gasteiger charge is -2.08. The molecule has 0 saturated heterocycles. The van der Waals surface area contributed by atoms with Crippen molar-refractivity contribution in [1.82, 2.24) is 0 Å². The number of nitrogens with one attached hydrogen (secondary N) is 1. The molecule has 0 aliphatic heterocycles. The fourth-order valence-electron chi connectivity index (χ4n) is 2.00. The lowest BCUT2D eigenvalue weighted by atomic mass is 10.2. The molecule has 1 N–H and O–H groups in total. The highest BCUT2D eigenvalue weighted by Gasteiger charge is 2.03. The first-order chi connectivity index (χ1) is 10.7. The molecule has 0 saturated carbocycles. The molecule has 0 radical (unpaired) electrons. The van der Waals surface area contributed by atoms with Crippen molar-refractivity contribution >= 4 is 27.5 Å². The van der Waals surface area contributed by atoms with Crippen molar-refractivity contribution in [3.63, 3.8) is 0 Å². The molecule has 2 aromatic carbocycles. The monoisotopic (exact) mass is 361 g/mol. The Morgan fingerprint density at radius 3 is 2.41 bits per heavy atom. The number of aryl methyl sites for hydroxylation is 1. The maximum atomic E-state index is 11.8. The van der Waals surface area contributed by atoms with Crippen LogP contribution in [0.4, 0.5) is 5.69 Å². The van der Waals surface area contributed by atoms with E-state index in [4.69, 9.17) is 4.74 Å². The van der Waals surface area contributed by atoms with Gasteiger partial charge in [0.2, 0.25) is 5.91 Å². The molecule has 116 valence electrons. The summed E-state index contributed by atoms with van der Waals surface area (Å²) in [5.74, 6) is 0.859. The standard InChI is InChI=1S/C18H20BrNO2/c1-2-14-5-11-17(12-6-14)22-13-3-4-18(21)20-16-9-7-15(19)8-10-16/h5-12H,2-4,13H2,1H3,(H,20,21). The van der Waals surface area contributed by atoms with Crippen LogP contribution in [-0.4, -0.2) is 12.5 Å². The molecule has 0 aliphatic rings. The number of hydrogen-bond donors (Lipinski definition) is 1. The topological polar surface area (TPSA) is 38.3 Å². The molecule has 0 unspecified atom stereocenters. The number of hydrogen-bond acceptors (Lipinski definition) is 2. The molecular weight excluding hydrogens is 342 g/mol. The molecule has 4 heteroatoms. The van der Waals surface area contributed by atoms with Crippen molar-refractivity contribution in [3.05, 3.63) is 58.6 Å². The molecule has 0 atom stereocenters. The van der Waals surface area contributed by atoms with Crippen molar-refractivity contribution in [2.75, 3.05) is 11.9 Å². The van der Waals surface area contributed by atoms with Crippen LogP contribution in [0.2, 0.25) is 0 Å². The average Bonchev–Trinajstić information content (AvgIpc) is 2.54. The minimum absolute atomic E-state index is 0.00672. The van der Waals surface area contributed by atoms with E-state index in [-0.39, 0.29) is 5.91 Å².